The Balaban J connectivity index is 3.58. The molecule has 1 aromatic heterocycles. The molecule has 0 aliphatic rings. The van der Waals surface area contributed by atoms with Crippen molar-refractivity contribution >= 4 is 15.6 Å². The minimum absolute atomic E-state index is 0.145. The van der Waals surface area contributed by atoms with Gasteiger partial charge in [0.15, 0.2) is 0 Å². The molecule has 108 valence electrons. The van der Waals surface area contributed by atoms with Gasteiger partial charge >= 0.3 is 0 Å². The van der Waals surface area contributed by atoms with Crippen LogP contribution in [0.25, 0.3) is 5.57 Å². The smallest absolute Gasteiger partial charge is 0.250 e. The van der Waals surface area contributed by atoms with E-state index in [0.717, 1.165) is 10.6 Å². The first-order chi connectivity index (χ1) is 9.22. The summed E-state index contributed by atoms with van der Waals surface area (Å²) in [5.41, 5.74) is 1.53. The van der Waals surface area contributed by atoms with Gasteiger partial charge < -0.3 is 4.57 Å². The third kappa shape index (κ3) is 3.27. The molecule has 0 saturated carbocycles. The monoisotopic (exact) mass is 294 g/mol. The zero-order chi connectivity index (χ0) is 15.5. The number of hydrogen-bond donors (Lipinski definition) is 0. The fourth-order valence-electron chi connectivity index (χ4n) is 1.71. The molecule has 0 amide bonds. The molecule has 6 heteroatoms. The Morgan fingerprint density at radius 1 is 1.30 bits per heavy atom. The zero-order valence-electron chi connectivity index (χ0n) is 11.8. The van der Waals surface area contributed by atoms with Crippen LogP contribution in [0.1, 0.15) is 5.56 Å². The summed E-state index contributed by atoms with van der Waals surface area (Å²) in [7, 11) is -0.340. The van der Waals surface area contributed by atoms with E-state index >= 15 is 0 Å². The molecule has 0 spiro atoms. The first-order valence-electron chi connectivity index (χ1n) is 5.82. The molecule has 0 atom stereocenters. The fourth-order valence-corrected chi connectivity index (χ4v) is 2.24. The topological polar surface area (TPSA) is 59.4 Å². The van der Waals surface area contributed by atoms with E-state index in [9.17, 15) is 13.2 Å². The first-order valence-corrected chi connectivity index (χ1v) is 7.67. The number of hydrogen-bond acceptors (Lipinski definition) is 3. The summed E-state index contributed by atoms with van der Waals surface area (Å²) >= 11 is 0. The maximum Gasteiger partial charge on any atom is 0.250 e. The van der Waals surface area contributed by atoms with Gasteiger partial charge in [-0.05, 0) is 12.1 Å². The summed E-state index contributed by atoms with van der Waals surface area (Å²) < 4.78 is 25.9. The number of nitrogens with zero attached hydrogens (tertiary/aromatic N) is 2. The van der Waals surface area contributed by atoms with Crippen LogP contribution in [0.15, 0.2) is 54.1 Å². The molecule has 0 bridgehead atoms. The normalized spacial score (nSPS) is 12.6. The highest BCUT2D eigenvalue weighted by Crippen LogP contribution is 2.23. The molecule has 0 aliphatic carbocycles. The average Bonchev–Trinajstić information content (AvgIpc) is 2.37. The van der Waals surface area contributed by atoms with E-state index in [1.165, 1.54) is 23.8 Å². The van der Waals surface area contributed by atoms with Crippen molar-refractivity contribution in [2.75, 3.05) is 13.3 Å². The largest absolute Gasteiger partial charge is 0.318 e. The van der Waals surface area contributed by atoms with Crippen LogP contribution in [-0.2, 0) is 17.1 Å². The molecule has 0 N–H and O–H groups in total. The van der Waals surface area contributed by atoms with Gasteiger partial charge in [-0.15, -0.1) is 0 Å². The molecule has 0 unspecified atom stereocenters. The summed E-state index contributed by atoms with van der Waals surface area (Å²) in [5, 5.41) is 0. The van der Waals surface area contributed by atoms with Gasteiger partial charge in [-0.2, -0.15) is 0 Å². The van der Waals surface area contributed by atoms with E-state index < -0.39 is 10.0 Å². The van der Waals surface area contributed by atoms with Gasteiger partial charge in [-0.25, -0.2) is 8.42 Å². The number of likely N-dealkylation sites (N-methyl/N-ethyl adjacent to an activating group) is 1. The lowest BCUT2D eigenvalue weighted by Crippen LogP contribution is -2.25. The van der Waals surface area contributed by atoms with E-state index in [-0.39, 0.29) is 5.56 Å². The third-order valence-corrected chi connectivity index (χ3v) is 4.10. The molecule has 1 heterocycles. The van der Waals surface area contributed by atoms with Crippen molar-refractivity contribution < 1.29 is 8.42 Å². The van der Waals surface area contributed by atoms with Gasteiger partial charge in [0, 0.05) is 37.5 Å². The second-order valence-electron chi connectivity index (χ2n) is 4.30. The Morgan fingerprint density at radius 3 is 2.30 bits per heavy atom. The number of rotatable bonds is 5. The maximum absolute atomic E-state index is 11.7. The predicted octanol–water partition coefficient (Wildman–Crippen LogP) is 1.36. The minimum Gasteiger partial charge on any atom is -0.318 e. The van der Waals surface area contributed by atoms with Gasteiger partial charge in [-0.1, -0.05) is 19.2 Å². The van der Waals surface area contributed by atoms with Crippen molar-refractivity contribution in [1.29, 1.82) is 0 Å². The molecule has 1 aromatic rings. The van der Waals surface area contributed by atoms with Crippen LogP contribution in [0, 0.1) is 0 Å². The van der Waals surface area contributed by atoms with Crippen LogP contribution >= 0.6 is 0 Å². The van der Waals surface area contributed by atoms with Crippen LogP contribution < -0.4 is 5.56 Å². The molecular formula is C14H18N2O3S. The molecule has 1 rings (SSSR count). The lowest BCUT2D eigenvalue weighted by atomic mass is 10.1. The van der Waals surface area contributed by atoms with Crippen molar-refractivity contribution in [2.24, 2.45) is 7.05 Å². The van der Waals surface area contributed by atoms with Crippen molar-refractivity contribution in [1.82, 2.24) is 8.87 Å². The number of pyridine rings is 1. The van der Waals surface area contributed by atoms with Crippen molar-refractivity contribution in [3.05, 3.63) is 65.3 Å². The summed E-state index contributed by atoms with van der Waals surface area (Å²) in [4.78, 5) is 11.4. The van der Waals surface area contributed by atoms with E-state index in [1.54, 1.807) is 25.4 Å². The average molecular weight is 294 g/mol. The van der Waals surface area contributed by atoms with Crippen molar-refractivity contribution in [3.63, 3.8) is 0 Å². The second kappa shape index (κ2) is 5.92. The lowest BCUT2D eigenvalue weighted by Gasteiger charge is -2.20. The van der Waals surface area contributed by atoms with E-state index in [1.807, 2.05) is 0 Å². The van der Waals surface area contributed by atoms with Crippen LogP contribution in [0.3, 0.4) is 0 Å². The fraction of sp³-hybridized carbons (Fsp3) is 0.214. The summed E-state index contributed by atoms with van der Waals surface area (Å²) in [5.74, 6) is 0. The van der Waals surface area contributed by atoms with Gasteiger partial charge in [-0.3, -0.25) is 9.10 Å². The van der Waals surface area contributed by atoms with Gasteiger partial charge in [0.2, 0.25) is 15.6 Å². The highest BCUT2D eigenvalue weighted by molar-refractivity contribution is 7.88. The number of aryl methyl sites for hydroxylation is 1. The predicted molar refractivity (Wildman–Crippen MR) is 81.6 cm³/mol. The standard InChI is InChI=1S/C14H18N2O3S/c1-6-12(11-8-9-14(17)15(3)10-11)13(7-2)16(4)20(5,18)19/h6-10H,1-2H2,3-5H3. The Labute approximate surface area is 119 Å². The first kappa shape index (κ1) is 16.0. The van der Waals surface area contributed by atoms with E-state index in [0.29, 0.717) is 16.8 Å². The second-order valence-corrected chi connectivity index (χ2v) is 6.32. The third-order valence-electron chi connectivity index (χ3n) is 2.91. The molecule has 0 aromatic carbocycles. The Bertz CT molecular complexity index is 727. The molecule has 20 heavy (non-hydrogen) atoms. The summed E-state index contributed by atoms with van der Waals surface area (Å²) in [6.45, 7) is 7.36. The van der Waals surface area contributed by atoms with Crippen LogP contribution in [0.5, 0.6) is 0 Å². The SMILES string of the molecule is C=CC(=C(C=C)N(C)S(C)(=O)=O)c1ccc(=O)n(C)c1. The van der Waals surface area contributed by atoms with Gasteiger partial charge in [0.25, 0.3) is 0 Å². The lowest BCUT2D eigenvalue weighted by molar-refractivity contribution is 0.537. The van der Waals surface area contributed by atoms with Crippen molar-refractivity contribution in [2.45, 2.75) is 0 Å². The minimum atomic E-state index is -3.41. The quantitative estimate of drug-likeness (QED) is 0.770. The van der Waals surface area contributed by atoms with Crippen molar-refractivity contribution in [3.8, 4) is 0 Å². The summed E-state index contributed by atoms with van der Waals surface area (Å²) in [6.07, 6.45) is 5.72. The highest BCUT2D eigenvalue weighted by Gasteiger charge is 2.16. The Kier molecular flexibility index (Phi) is 4.73. The molecule has 0 saturated heterocycles. The zero-order valence-corrected chi connectivity index (χ0v) is 12.6. The number of sulfonamides is 1. The molecular weight excluding hydrogens is 276 g/mol. The molecule has 0 radical (unpaired) electrons. The van der Waals surface area contributed by atoms with Crippen LogP contribution in [0.2, 0.25) is 0 Å². The molecule has 0 aliphatic heterocycles. The molecule has 0 fully saturated rings. The van der Waals surface area contributed by atoms with Gasteiger partial charge in [0.1, 0.15) is 0 Å². The van der Waals surface area contributed by atoms with Gasteiger partial charge in [0.05, 0.1) is 12.0 Å². The Hall–Kier alpha value is -2.08. The Morgan fingerprint density at radius 2 is 1.90 bits per heavy atom. The number of allylic oxidation sites excluding steroid dienone is 3. The van der Waals surface area contributed by atoms with Crippen LogP contribution in [0.4, 0.5) is 0 Å². The molecule has 5 nitrogen and oxygen atoms in total. The summed E-state index contributed by atoms with van der Waals surface area (Å²) in [6, 6.07) is 3.04. The number of aromatic nitrogens is 1. The highest BCUT2D eigenvalue weighted by atomic mass is 32.2. The maximum atomic E-state index is 11.7. The van der Waals surface area contributed by atoms with E-state index in [2.05, 4.69) is 13.2 Å². The van der Waals surface area contributed by atoms with Crippen LogP contribution in [-0.4, -0.2) is 30.6 Å². The van der Waals surface area contributed by atoms with E-state index in [4.69, 9.17) is 0 Å².